The summed E-state index contributed by atoms with van der Waals surface area (Å²) < 4.78 is 0. The molecule has 0 unspecified atom stereocenters. The molecule has 0 saturated carbocycles. The van der Waals surface area contributed by atoms with Crippen LogP contribution in [0.4, 0.5) is 0 Å². The van der Waals surface area contributed by atoms with Gasteiger partial charge in [0.05, 0.1) is 0 Å². The molecule has 2 radical (unpaired) electrons. The molecule has 9 heavy (non-hydrogen) atoms. The Morgan fingerprint density at radius 3 is 2.56 bits per heavy atom. The highest BCUT2D eigenvalue weighted by Crippen LogP contribution is 1.99. The van der Waals surface area contributed by atoms with E-state index in [-0.39, 0.29) is 0 Å². The molecular formula is C9H10. The fraction of sp³-hybridized carbons (Fsp3) is 0.333. The summed E-state index contributed by atoms with van der Waals surface area (Å²) in [6.07, 6.45) is 2.35. The first-order chi connectivity index (χ1) is 4.43. The monoisotopic (exact) mass is 118 g/mol. The molecular weight excluding hydrogens is 108 g/mol. The molecule has 0 heterocycles. The third kappa shape index (κ3) is 1.88. The summed E-state index contributed by atoms with van der Waals surface area (Å²) in [7, 11) is 0. The molecule has 1 aromatic carbocycles. The summed E-state index contributed by atoms with van der Waals surface area (Å²) in [5.74, 6) is 0. The number of benzene rings is 1. The molecule has 0 N–H and O–H groups in total. The molecule has 0 aliphatic heterocycles. The summed E-state index contributed by atoms with van der Waals surface area (Å²) in [5, 5.41) is 0. The Labute approximate surface area is 56.5 Å². The van der Waals surface area contributed by atoms with Crippen molar-refractivity contribution in [1.82, 2.24) is 0 Å². The SMILES string of the molecule is CCCc1c[c]c[c]c1. The maximum atomic E-state index is 2.99. The molecule has 46 valence electrons. The number of rotatable bonds is 2. The van der Waals surface area contributed by atoms with Crippen LogP contribution in [0.1, 0.15) is 18.9 Å². The number of aryl methyl sites for hydroxylation is 1. The predicted octanol–water partition coefficient (Wildman–Crippen LogP) is 2.24. The van der Waals surface area contributed by atoms with Crippen molar-refractivity contribution in [3.05, 3.63) is 35.9 Å². The first kappa shape index (κ1) is 6.34. The van der Waals surface area contributed by atoms with Crippen LogP contribution in [-0.4, -0.2) is 0 Å². The van der Waals surface area contributed by atoms with Crippen molar-refractivity contribution < 1.29 is 0 Å². The van der Waals surface area contributed by atoms with Crippen molar-refractivity contribution in [3.8, 4) is 0 Å². The smallest absolute Gasteiger partial charge is 0.0175 e. The van der Waals surface area contributed by atoms with E-state index in [0.29, 0.717) is 0 Å². The van der Waals surface area contributed by atoms with Gasteiger partial charge in [-0.3, -0.25) is 0 Å². The molecule has 0 atom stereocenters. The van der Waals surface area contributed by atoms with Crippen LogP contribution < -0.4 is 0 Å². The number of hydrogen-bond donors (Lipinski definition) is 0. The van der Waals surface area contributed by atoms with E-state index in [1.165, 1.54) is 12.0 Å². The molecule has 0 bridgehead atoms. The molecule has 1 aromatic rings. The first-order valence-corrected chi connectivity index (χ1v) is 3.29. The zero-order chi connectivity index (χ0) is 6.53. The second-order valence-corrected chi connectivity index (χ2v) is 2.09. The van der Waals surface area contributed by atoms with Gasteiger partial charge in [0.1, 0.15) is 0 Å². The third-order valence-corrected chi connectivity index (χ3v) is 1.24. The van der Waals surface area contributed by atoms with Crippen LogP contribution in [0.15, 0.2) is 18.2 Å². The fourth-order valence-electron chi connectivity index (χ4n) is 0.820. The average molecular weight is 118 g/mol. The van der Waals surface area contributed by atoms with Crippen LogP contribution in [0.5, 0.6) is 0 Å². The standard InChI is InChI=1S/C9H10/c1-2-6-9-7-4-3-5-8-9/h3,7-8H,2,6H2,1H3. The van der Waals surface area contributed by atoms with Gasteiger partial charge in [-0.25, -0.2) is 0 Å². The largest absolute Gasteiger partial charge is 0.0651 e. The maximum absolute atomic E-state index is 2.99. The molecule has 0 aliphatic rings. The quantitative estimate of drug-likeness (QED) is 0.558. The van der Waals surface area contributed by atoms with Gasteiger partial charge in [0.2, 0.25) is 0 Å². The normalized spacial score (nSPS) is 9.44. The highest BCUT2D eigenvalue weighted by atomic mass is 13.9. The van der Waals surface area contributed by atoms with Gasteiger partial charge in [-0.1, -0.05) is 25.5 Å². The molecule has 1 rings (SSSR count). The van der Waals surface area contributed by atoms with Crippen molar-refractivity contribution in [2.24, 2.45) is 0 Å². The van der Waals surface area contributed by atoms with Gasteiger partial charge in [0.25, 0.3) is 0 Å². The zero-order valence-electron chi connectivity index (χ0n) is 5.65. The van der Waals surface area contributed by atoms with Crippen LogP contribution in [0.2, 0.25) is 0 Å². The van der Waals surface area contributed by atoms with Crippen molar-refractivity contribution in [1.29, 1.82) is 0 Å². The highest BCUT2D eigenvalue weighted by molar-refractivity contribution is 5.12. The van der Waals surface area contributed by atoms with Crippen LogP contribution in [0, 0.1) is 12.1 Å². The lowest BCUT2D eigenvalue weighted by atomic mass is 10.1. The Morgan fingerprint density at radius 2 is 2.00 bits per heavy atom. The average Bonchev–Trinajstić information content (AvgIpc) is 1.91. The Balaban J connectivity index is 2.61. The summed E-state index contributed by atoms with van der Waals surface area (Å²) in [6.45, 7) is 2.17. The molecule has 0 heteroatoms. The van der Waals surface area contributed by atoms with Gasteiger partial charge in [-0.2, -0.15) is 0 Å². The molecule has 0 saturated heterocycles. The molecule has 0 aliphatic carbocycles. The van der Waals surface area contributed by atoms with E-state index in [1.807, 2.05) is 12.1 Å². The maximum Gasteiger partial charge on any atom is -0.0175 e. The summed E-state index contributed by atoms with van der Waals surface area (Å²) in [4.78, 5) is 0. The summed E-state index contributed by atoms with van der Waals surface area (Å²) >= 11 is 0. The third-order valence-electron chi connectivity index (χ3n) is 1.24. The Bertz CT molecular complexity index is 153. The number of hydrogen-bond acceptors (Lipinski definition) is 0. The van der Waals surface area contributed by atoms with Gasteiger partial charge >= 0.3 is 0 Å². The Morgan fingerprint density at radius 1 is 1.33 bits per heavy atom. The fourth-order valence-corrected chi connectivity index (χ4v) is 0.820. The zero-order valence-corrected chi connectivity index (χ0v) is 5.65. The van der Waals surface area contributed by atoms with Crippen molar-refractivity contribution in [2.75, 3.05) is 0 Å². The van der Waals surface area contributed by atoms with Crippen LogP contribution in [0.3, 0.4) is 0 Å². The lowest BCUT2D eigenvalue weighted by Crippen LogP contribution is -1.79. The lowest BCUT2D eigenvalue weighted by Gasteiger charge is -1.93. The molecule has 0 amide bonds. The van der Waals surface area contributed by atoms with Crippen LogP contribution in [0.25, 0.3) is 0 Å². The minimum absolute atomic E-state index is 1.15. The predicted molar refractivity (Wildman–Crippen MR) is 38.1 cm³/mol. The minimum Gasteiger partial charge on any atom is -0.0651 e. The van der Waals surface area contributed by atoms with Crippen molar-refractivity contribution in [3.63, 3.8) is 0 Å². The van der Waals surface area contributed by atoms with Crippen molar-refractivity contribution in [2.45, 2.75) is 19.8 Å². The van der Waals surface area contributed by atoms with E-state index in [1.54, 1.807) is 6.07 Å². The molecule has 0 fully saturated rings. The molecule has 0 aromatic heterocycles. The minimum atomic E-state index is 1.15. The van der Waals surface area contributed by atoms with E-state index in [9.17, 15) is 0 Å². The van der Waals surface area contributed by atoms with E-state index in [0.717, 1.165) is 6.42 Å². The summed E-state index contributed by atoms with van der Waals surface area (Å²) in [6, 6.07) is 11.8. The van der Waals surface area contributed by atoms with Gasteiger partial charge in [-0.05, 0) is 30.2 Å². The van der Waals surface area contributed by atoms with Gasteiger partial charge in [0, 0.05) is 0 Å². The van der Waals surface area contributed by atoms with E-state index < -0.39 is 0 Å². The van der Waals surface area contributed by atoms with E-state index >= 15 is 0 Å². The highest BCUT2D eigenvalue weighted by Gasteiger charge is 1.85. The Kier molecular flexibility index (Phi) is 2.32. The second-order valence-electron chi connectivity index (χ2n) is 2.09. The first-order valence-electron chi connectivity index (χ1n) is 3.29. The van der Waals surface area contributed by atoms with Gasteiger partial charge in [0.15, 0.2) is 0 Å². The van der Waals surface area contributed by atoms with Gasteiger partial charge in [-0.15, -0.1) is 0 Å². The summed E-state index contributed by atoms with van der Waals surface area (Å²) in [5.41, 5.74) is 1.33. The van der Waals surface area contributed by atoms with E-state index in [2.05, 4.69) is 19.1 Å². The Hall–Kier alpha value is -0.780. The lowest BCUT2D eigenvalue weighted by molar-refractivity contribution is 0.921. The van der Waals surface area contributed by atoms with Crippen LogP contribution in [-0.2, 0) is 6.42 Å². The topological polar surface area (TPSA) is 0 Å². The van der Waals surface area contributed by atoms with Gasteiger partial charge < -0.3 is 0 Å². The molecule has 0 spiro atoms. The van der Waals surface area contributed by atoms with E-state index in [4.69, 9.17) is 0 Å². The molecule has 0 nitrogen and oxygen atoms in total. The van der Waals surface area contributed by atoms with Crippen LogP contribution >= 0.6 is 0 Å². The van der Waals surface area contributed by atoms with Crippen molar-refractivity contribution >= 4 is 0 Å². The second kappa shape index (κ2) is 3.29.